The van der Waals surface area contributed by atoms with Gasteiger partial charge in [0.2, 0.25) is 0 Å². The Kier molecular flexibility index (Phi) is 6.34. The lowest BCUT2D eigenvalue weighted by Gasteiger charge is -2.35. The minimum atomic E-state index is -0.849. The second-order valence-corrected chi connectivity index (χ2v) is 6.97. The summed E-state index contributed by atoms with van der Waals surface area (Å²) in [6.45, 7) is 6.59. The van der Waals surface area contributed by atoms with Crippen molar-refractivity contribution in [3.63, 3.8) is 0 Å². The van der Waals surface area contributed by atoms with Crippen LogP contribution in [0.4, 0.5) is 4.79 Å². The number of urea groups is 1. The molecule has 0 aromatic heterocycles. The van der Waals surface area contributed by atoms with Gasteiger partial charge in [0.1, 0.15) is 0 Å². The second kappa shape index (κ2) is 8.29. The predicted molar refractivity (Wildman–Crippen MR) is 97.7 cm³/mol. The van der Waals surface area contributed by atoms with E-state index in [1.807, 2.05) is 32.9 Å². The third kappa shape index (κ3) is 4.20. The van der Waals surface area contributed by atoms with Gasteiger partial charge in [0.15, 0.2) is 11.5 Å². The number of aliphatic carboxylic acids is 1. The highest BCUT2D eigenvalue weighted by molar-refractivity contribution is 5.77. The van der Waals surface area contributed by atoms with E-state index >= 15 is 0 Å². The highest BCUT2D eigenvalue weighted by Crippen LogP contribution is 2.35. The first-order valence-corrected chi connectivity index (χ1v) is 8.78. The molecule has 1 aliphatic heterocycles. The van der Waals surface area contributed by atoms with Crippen molar-refractivity contribution in [2.24, 2.45) is 11.8 Å². The van der Waals surface area contributed by atoms with Gasteiger partial charge in [0.05, 0.1) is 26.2 Å². The number of ether oxygens (including phenoxy) is 2. The summed E-state index contributed by atoms with van der Waals surface area (Å²) in [5.74, 6) is 0.0829. The van der Waals surface area contributed by atoms with Crippen molar-refractivity contribution in [1.82, 2.24) is 10.2 Å². The van der Waals surface area contributed by atoms with Gasteiger partial charge < -0.3 is 24.8 Å². The molecule has 2 amide bonds. The smallest absolute Gasteiger partial charge is 0.317 e. The van der Waals surface area contributed by atoms with Gasteiger partial charge in [-0.15, -0.1) is 0 Å². The van der Waals surface area contributed by atoms with Gasteiger partial charge in [-0.2, -0.15) is 0 Å². The van der Waals surface area contributed by atoms with Crippen molar-refractivity contribution < 1.29 is 24.2 Å². The molecule has 2 N–H and O–H groups in total. The zero-order chi connectivity index (χ0) is 19.4. The minimum absolute atomic E-state index is 0.161. The van der Waals surface area contributed by atoms with Gasteiger partial charge in [-0.05, 0) is 37.8 Å². The van der Waals surface area contributed by atoms with E-state index in [9.17, 15) is 14.7 Å². The Balaban J connectivity index is 2.13. The van der Waals surface area contributed by atoms with E-state index in [2.05, 4.69) is 5.32 Å². The number of benzene rings is 1. The highest BCUT2D eigenvalue weighted by atomic mass is 16.5. The third-order valence-corrected chi connectivity index (χ3v) is 4.94. The summed E-state index contributed by atoms with van der Waals surface area (Å²) in [6.07, 6.45) is 0.601. The van der Waals surface area contributed by atoms with E-state index in [0.717, 1.165) is 11.1 Å². The maximum Gasteiger partial charge on any atom is 0.317 e. The Morgan fingerprint density at radius 3 is 2.54 bits per heavy atom. The first kappa shape index (κ1) is 19.9. The van der Waals surface area contributed by atoms with Crippen molar-refractivity contribution in [2.75, 3.05) is 27.3 Å². The summed E-state index contributed by atoms with van der Waals surface area (Å²) in [4.78, 5) is 25.6. The van der Waals surface area contributed by atoms with Gasteiger partial charge in [-0.3, -0.25) is 4.79 Å². The summed E-state index contributed by atoms with van der Waals surface area (Å²) in [5.41, 5.74) is 1.82. The molecular weight excluding hydrogens is 336 g/mol. The average molecular weight is 364 g/mol. The molecule has 2 rings (SSSR count). The van der Waals surface area contributed by atoms with Gasteiger partial charge in [0, 0.05) is 18.7 Å². The molecule has 1 saturated heterocycles. The molecule has 26 heavy (non-hydrogen) atoms. The Labute approximate surface area is 154 Å². The quantitative estimate of drug-likeness (QED) is 0.839. The molecule has 1 aliphatic rings. The van der Waals surface area contributed by atoms with Crippen LogP contribution in [0.5, 0.6) is 11.5 Å². The number of hydrogen-bond acceptors (Lipinski definition) is 4. The van der Waals surface area contributed by atoms with Crippen molar-refractivity contribution in [1.29, 1.82) is 0 Å². The van der Waals surface area contributed by atoms with Crippen LogP contribution in [0.25, 0.3) is 0 Å². The molecule has 144 valence electrons. The Bertz CT molecular complexity index is 676. The number of amides is 2. The lowest BCUT2D eigenvalue weighted by atomic mass is 9.91. The number of carboxylic acids is 1. The molecule has 1 aromatic carbocycles. The molecule has 0 spiro atoms. The fourth-order valence-electron chi connectivity index (χ4n) is 3.62. The predicted octanol–water partition coefficient (Wildman–Crippen LogP) is 2.83. The summed E-state index contributed by atoms with van der Waals surface area (Å²) in [6, 6.07) is 3.22. The van der Waals surface area contributed by atoms with Crippen molar-refractivity contribution in [3.8, 4) is 11.5 Å². The number of methoxy groups -OCH3 is 2. The van der Waals surface area contributed by atoms with Crippen LogP contribution in [0.1, 0.15) is 37.4 Å². The van der Waals surface area contributed by atoms with Crippen LogP contribution in [-0.4, -0.2) is 49.3 Å². The molecule has 0 bridgehead atoms. The molecule has 3 unspecified atom stereocenters. The van der Waals surface area contributed by atoms with E-state index < -0.39 is 11.9 Å². The summed E-state index contributed by atoms with van der Waals surface area (Å²) in [7, 11) is 3.16. The van der Waals surface area contributed by atoms with Crippen LogP contribution in [0.2, 0.25) is 0 Å². The maximum absolute atomic E-state index is 12.7. The normalized spacial score (nSPS) is 21.0. The van der Waals surface area contributed by atoms with Crippen molar-refractivity contribution in [3.05, 3.63) is 23.3 Å². The first-order valence-electron chi connectivity index (χ1n) is 8.78. The molecule has 7 heteroatoms. The number of nitrogens with zero attached hydrogens (tertiary/aromatic N) is 1. The van der Waals surface area contributed by atoms with E-state index in [1.165, 1.54) is 0 Å². The standard InChI is InChI=1S/C19H28N2O5/c1-11-8-14(18(22)23)10-21(9-11)19(24)20-13(3)15-6-7-16(25-4)17(26-5)12(15)2/h6-7,11,13-14H,8-10H2,1-5H3,(H,20,24)(H,22,23). The summed E-state index contributed by atoms with van der Waals surface area (Å²) < 4.78 is 10.7. The zero-order valence-electron chi connectivity index (χ0n) is 16.0. The largest absolute Gasteiger partial charge is 0.493 e. The number of rotatable bonds is 5. The van der Waals surface area contributed by atoms with Gasteiger partial charge >= 0.3 is 12.0 Å². The van der Waals surface area contributed by atoms with Crippen LogP contribution in [0.15, 0.2) is 12.1 Å². The molecule has 1 fully saturated rings. The Morgan fingerprint density at radius 1 is 1.27 bits per heavy atom. The third-order valence-electron chi connectivity index (χ3n) is 4.94. The molecule has 3 atom stereocenters. The average Bonchev–Trinajstić information content (AvgIpc) is 2.60. The maximum atomic E-state index is 12.7. The monoisotopic (exact) mass is 364 g/mol. The fraction of sp³-hybridized carbons (Fsp3) is 0.579. The van der Waals surface area contributed by atoms with E-state index in [-0.39, 0.29) is 24.5 Å². The summed E-state index contributed by atoms with van der Waals surface area (Å²) in [5, 5.41) is 12.2. The number of piperidine rings is 1. The van der Waals surface area contributed by atoms with Crippen LogP contribution in [0, 0.1) is 18.8 Å². The minimum Gasteiger partial charge on any atom is -0.493 e. The Morgan fingerprint density at radius 2 is 1.96 bits per heavy atom. The van der Waals surface area contributed by atoms with E-state index in [4.69, 9.17) is 9.47 Å². The molecule has 0 radical (unpaired) electrons. The number of carbonyl (C=O) groups is 2. The van der Waals surface area contributed by atoms with Gasteiger partial charge in [-0.25, -0.2) is 4.79 Å². The SMILES string of the molecule is COc1ccc(C(C)NC(=O)N2CC(C)CC(C(=O)O)C2)c(C)c1OC. The van der Waals surface area contributed by atoms with Gasteiger partial charge in [-0.1, -0.05) is 13.0 Å². The molecule has 1 aromatic rings. The number of carboxylic acid groups (broad SMARTS) is 1. The molecular formula is C19H28N2O5. The van der Waals surface area contributed by atoms with Crippen LogP contribution in [0.3, 0.4) is 0 Å². The van der Waals surface area contributed by atoms with Crippen LogP contribution < -0.4 is 14.8 Å². The fourth-order valence-corrected chi connectivity index (χ4v) is 3.62. The number of hydrogen-bond donors (Lipinski definition) is 2. The molecule has 1 heterocycles. The second-order valence-electron chi connectivity index (χ2n) is 6.97. The molecule has 7 nitrogen and oxygen atoms in total. The number of nitrogens with one attached hydrogen (secondary N) is 1. The van der Waals surface area contributed by atoms with E-state index in [1.54, 1.807) is 19.1 Å². The van der Waals surface area contributed by atoms with E-state index in [0.29, 0.717) is 24.5 Å². The number of carbonyl (C=O) groups excluding carboxylic acids is 1. The molecule has 0 aliphatic carbocycles. The van der Waals surface area contributed by atoms with Gasteiger partial charge in [0.25, 0.3) is 0 Å². The first-order chi connectivity index (χ1) is 12.3. The van der Waals surface area contributed by atoms with Crippen LogP contribution in [-0.2, 0) is 4.79 Å². The zero-order valence-corrected chi connectivity index (χ0v) is 16.0. The van der Waals surface area contributed by atoms with Crippen LogP contribution >= 0.6 is 0 Å². The topological polar surface area (TPSA) is 88.1 Å². The van der Waals surface area contributed by atoms with Crippen molar-refractivity contribution in [2.45, 2.75) is 33.2 Å². The highest BCUT2D eigenvalue weighted by Gasteiger charge is 2.32. The lowest BCUT2D eigenvalue weighted by Crippen LogP contribution is -2.49. The summed E-state index contributed by atoms with van der Waals surface area (Å²) >= 11 is 0. The lowest BCUT2D eigenvalue weighted by molar-refractivity contribution is -0.143. The Hall–Kier alpha value is -2.44. The van der Waals surface area contributed by atoms with Crippen molar-refractivity contribution >= 4 is 12.0 Å². The number of likely N-dealkylation sites (tertiary alicyclic amines) is 1. The molecule has 0 saturated carbocycles.